The average molecular weight is 245 g/mol. The lowest BCUT2D eigenvalue weighted by Gasteiger charge is -2.12. The number of hydrogen-bond donors (Lipinski definition) is 0. The summed E-state index contributed by atoms with van der Waals surface area (Å²) in [6, 6.07) is 3.52. The van der Waals surface area contributed by atoms with Crippen LogP contribution >= 0.6 is 0 Å². The number of carboxylic acid groups (broad SMARTS) is 1. The van der Waals surface area contributed by atoms with E-state index in [0.717, 1.165) is 23.5 Å². The molecule has 1 heterocycles. The fraction of sp³-hybridized carbons (Fsp3) is 0.429. The number of carbonyl (C=O) groups is 1. The number of nitrogens with zero attached hydrogens (tertiary/aromatic N) is 2. The summed E-state index contributed by atoms with van der Waals surface area (Å²) in [6.45, 7) is 9.01. The maximum absolute atomic E-state index is 10.7. The molecule has 0 aliphatic carbocycles. The van der Waals surface area contributed by atoms with Crippen LogP contribution in [0, 0.1) is 31.1 Å². The second kappa shape index (κ2) is 5.54. The predicted octanol–water partition coefficient (Wildman–Crippen LogP) is 1.42. The molecule has 4 heteroatoms. The van der Waals surface area contributed by atoms with Crippen LogP contribution in [0.15, 0.2) is 11.6 Å². The van der Waals surface area contributed by atoms with Crippen LogP contribution < -0.4 is 5.11 Å². The Hall–Kier alpha value is -2.02. The molecule has 1 aromatic heterocycles. The van der Waals surface area contributed by atoms with Gasteiger partial charge in [0.1, 0.15) is 6.07 Å². The lowest BCUT2D eigenvalue weighted by atomic mass is 10.1. The Morgan fingerprint density at radius 2 is 2.17 bits per heavy atom. The van der Waals surface area contributed by atoms with Crippen LogP contribution in [0.1, 0.15) is 30.8 Å². The molecule has 0 spiro atoms. The van der Waals surface area contributed by atoms with Gasteiger partial charge in [-0.2, -0.15) is 5.26 Å². The standard InChI is InChI=1S/C14H18N2O2/c1-9(2)8-16-10(3)5-12(11(16)4)6-13(7-15)14(17)18/h5-6,9H,8H2,1-4H3,(H,17,18)/p-1/b13-6+. The highest BCUT2D eigenvalue weighted by Crippen LogP contribution is 2.19. The van der Waals surface area contributed by atoms with Crippen molar-refractivity contribution < 1.29 is 9.90 Å². The van der Waals surface area contributed by atoms with Gasteiger partial charge in [-0.3, -0.25) is 0 Å². The summed E-state index contributed by atoms with van der Waals surface area (Å²) in [4.78, 5) is 10.7. The van der Waals surface area contributed by atoms with Gasteiger partial charge in [0.05, 0.1) is 11.5 Å². The molecule has 0 saturated carbocycles. The van der Waals surface area contributed by atoms with Crippen molar-refractivity contribution in [1.82, 2.24) is 4.57 Å². The summed E-state index contributed by atoms with van der Waals surface area (Å²) in [5.41, 5.74) is 2.44. The summed E-state index contributed by atoms with van der Waals surface area (Å²) in [5, 5.41) is 19.4. The van der Waals surface area contributed by atoms with Gasteiger partial charge in [-0.25, -0.2) is 0 Å². The van der Waals surface area contributed by atoms with Crippen LogP contribution in [0.2, 0.25) is 0 Å². The number of hydrogen-bond acceptors (Lipinski definition) is 3. The Labute approximate surface area is 107 Å². The quantitative estimate of drug-likeness (QED) is 0.595. The maximum Gasteiger partial charge on any atom is 0.101 e. The molecule has 1 rings (SSSR count). The van der Waals surface area contributed by atoms with Gasteiger partial charge in [0.2, 0.25) is 0 Å². The van der Waals surface area contributed by atoms with E-state index in [2.05, 4.69) is 18.4 Å². The van der Waals surface area contributed by atoms with E-state index >= 15 is 0 Å². The molecule has 0 aliphatic heterocycles. The minimum Gasteiger partial charge on any atom is -0.544 e. The Kier molecular flexibility index (Phi) is 4.33. The minimum absolute atomic E-state index is 0.347. The van der Waals surface area contributed by atoms with Crippen molar-refractivity contribution in [1.29, 1.82) is 5.26 Å². The van der Waals surface area contributed by atoms with Crippen LogP contribution in [0.4, 0.5) is 0 Å². The molecule has 0 N–H and O–H groups in total. The van der Waals surface area contributed by atoms with Crippen LogP contribution in [-0.2, 0) is 11.3 Å². The fourth-order valence-corrected chi connectivity index (χ4v) is 1.91. The van der Waals surface area contributed by atoms with Gasteiger partial charge in [0.25, 0.3) is 0 Å². The number of nitriles is 1. The summed E-state index contributed by atoms with van der Waals surface area (Å²) >= 11 is 0. The van der Waals surface area contributed by atoms with E-state index in [1.165, 1.54) is 6.08 Å². The molecule has 1 aromatic rings. The second-order valence-corrected chi connectivity index (χ2v) is 4.79. The summed E-state index contributed by atoms with van der Waals surface area (Å²) in [7, 11) is 0. The normalized spacial score (nSPS) is 11.7. The number of aryl methyl sites for hydroxylation is 1. The molecule has 0 atom stereocenters. The Bertz CT molecular complexity index is 531. The zero-order chi connectivity index (χ0) is 13.9. The molecule has 0 aromatic carbocycles. The molecule has 0 saturated heterocycles. The molecule has 0 fully saturated rings. The van der Waals surface area contributed by atoms with Crippen molar-refractivity contribution in [2.75, 3.05) is 0 Å². The molecule has 0 bridgehead atoms. The van der Waals surface area contributed by atoms with E-state index in [1.807, 2.05) is 19.9 Å². The predicted molar refractivity (Wildman–Crippen MR) is 67.3 cm³/mol. The van der Waals surface area contributed by atoms with Crippen LogP contribution in [0.5, 0.6) is 0 Å². The Morgan fingerprint density at radius 1 is 1.56 bits per heavy atom. The lowest BCUT2D eigenvalue weighted by Crippen LogP contribution is -2.23. The van der Waals surface area contributed by atoms with Crippen LogP contribution in [0.25, 0.3) is 6.08 Å². The molecular formula is C14H17N2O2-. The van der Waals surface area contributed by atoms with Crippen molar-refractivity contribution in [2.24, 2.45) is 5.92 Å². The molecule has 4 nitrogen and oxygen atoms in total. The summed E-state index contributed by atoms with van der Waals surface area (Å²) in [5.74, 6) is -0.936. The van der Waals surface area contributed by atoms with E-state index in [9.17, 15) is 9.90 Å². The van der Waals surface area contributed by atoms with Crippen molar-refractivity contribution in [2.45, 2.75) is 34.2 Å². The van der Waals surface area contributed by atoms with Crippen molar-refractivity contribution in [3.05, 3.63) is 28.6 Å². The largest absolute Gasteiger partial charge is 0.544 e. The number of carbonyl (C=O) groups excluding carboxylic acids is 1. The first-order valence-electron chi connectivity index (χ1n) is 5.86. The van der Waals surface area contributed by atoms with Gasteiger partial charge in [-0.1, -0.05) is 13.8 Å². The van der Waals surface area contributed by atoms with Crippen molar-refractivity contribution in [3.63, 3.8) is 0 Å². The molecule has 18 heavy (non-hydrogen) atoms. The zero-order valence-electron chi connectivity index (χ0n) is 11.2. The number of rotatable bonds is 4. The topological polar surface area (TPSA) is 68.8 Å². The highest BCUT2D eigenvalue weighted by Gasteiger charge is 2.09. The van der Waals surface area contributed by atoms with Gasteiger partial charge < -0.3 is 14.5 Å². The molecule has 0 amide bonds. The van der Waals surface area contributed by atoms with E-state index < -0.39 is 5.97 Å². The highest BCUT2D eigenvalue weighted by atomic mass is 16.4. The Balaban J connectivity index is 3.21. The zero-order valence-corrected chi connectivity index (χ0v) is 11.2. The van der Waals surface area contributed by atoms with E-state index in [4.69, 9.17) is 5.26 Å². The molecule has 96 valence electrons. The SMILES string of the molecule is Cc1cc(/C=C(\C#N)C(=O)[O-])c(C)n1CC(C)C. The minimum atomic E-state index is -1.44. The third kappa shape index (κ3) is 3.01. The molecular weight excluding hydrogens is 228 g/mol. The summed E-state index contributed by atoms with van der Waals surface area (Å²) in [6.07, 6.45) is 1.37. The van der Waals surface area contributed by atoms with Gasteiger partial charge in [0, 0.05) is 17.9 Å². The third-order valence-electron chi connectivity index (χ3n) is 2.80. The number of carboxylic acids is 1. The van der Waals surface area contributed by atoms with E-state index in [0.29, 0.717) is 5.92 Å². The first-order valence-corrected chi connectivity index (χ1v) is 5.86. The van der Waals surface area contributed by atoms with Gasteiger partial charge in [-0.05, 0) is 37.5 Å². The van der Waals surface area contributed by atoms with Crippen LogP contribution in [-0.4, -0.2) is 10.5 Å². The third-order valence-corrected chi connectivity index (χ3v) is 2.80. The van der Waals surface area contributed by atoms with Gasteiger partial charge in [0.15, 0.2) is 0 Å². The van der Waals surface area contributed by atoms with Crippen molar-refractivity contribution in [3.8, 4) is 6.07 Å². The molecule has 0 aliphatic rings. The van der Waals surface area contributed by atoms with Gasteiger partial charge in [-0.15, -0.1) is 0 Å². The van der Waals surface area contributed by atoms with E-state index in [-0.39, 0.29) is 5.57 Å². The smallest absolute Gasteiger partial charge is 0.101 e. The van der Waals surface area contributed by atoms with E-state index in [1.54, 1.807) is 6.07 Å². The highest BCUT2D eigenvalue weighted by molar-refractivity contribution is 5.95. The van der Waals surface area contributed by atoms with Crippen LogP contribution in [0.3, 0.4) is 0 Å². The number of aliphatic carboxylic acids is 1. The first-order chi connectivity index (χ1) is 8.36. The lowest BCUT2D eigenvalue weighted by molar-refractivity contribution is -0.298. The van der Waals surface area contributed by atoms with Gasteiger partial charge >= 0.3 is 0 Å². The fourth-order valence-electron chi connectivity index (χ4n) is 1.91. The summed E-state index contributed by atoms with van der Waals surface area (Å²) < 4.78 is 2.13. The molecule has 0 radical (unpaired) electrons. The monoisotopic (exact) mass is 245 g/mol. The molecule has 0 unspecified atom stereocenters. The van der Waals surface area contributed by atoms with Crippen molar-refractivity contribution >= 4 is 12.0 Å². The Morgan fingerprint density at radius 3 is 2.61 bits per heavy atom. The number of aromatic nitrogens is 1. The average Bonchev–Trinajstić information content (AvgIpc) is 2.52. The first kappa shape index (κ1) is 14.0. The second-order valence-electron chi connectivity index (χ2n) is 4.79. The maximum atomic E-state index is 10.7.